The van der Waals surface area contributed by atoms with Gasteiger partial charge in [-0.15, -0.1) is 0 Å². The van der Waals surface area contributed by atoms with Crippen LogP contribution in [0.15, 0.2) is 35.5 Å². The van der Waals surface area contributed by atoms with Crippen LogP contribution in [-0.2, 0) is 10.0 Å². The summed E-state index contributed by atoms with van der Waals surface area (Å²) in [6, 6.07) is 7.33. The average Bonchev–Trinajstić information content (AvgIpc) is 2.88. The first kappa shape index (κ1) is 15.7. The van der Waals surface area contributed by atoms with Crippen molar-refractivity contribution in [3.8, 4) is 0 Å². The summed E-state index contributed by atoms with van der Waals surface area (Å²) in [5.74, 6) is 0. The normalized spacial score (nSPS) is 12.0. The SMILES string of the molecule is Cc1cc2ncn(S(=O)(=O)c3ccc(C)c(C)c3C)c2cc1C. The third-order valence-electron chi connectivity index (χ3n) is 4.68. The minimum absolute atomic E-state index is 0.332. The summed E-state index contributed by atoms with van der Waals surface area (Å²) in [5.41, 5.74) is 6.33. The van der Waals surface area contributed by atoms with Gasteiger partial charge in [0.05, 0.1) is 15.9 Å². The fraction of sp³-hybridized carbons (Fsp3) is 0.278. The Labute approximate surface area is 136 Å². The van der Waals surface area contributed by atoms with E-state index in [1.807, 2.05) is 52.8 Å². The van der Waals surface area contributed by atoms with Crippen LogP contribution in [0.4, 0.5) is 0 Å². The molecule has 0 N–H and O–H groups in total. The number of rotatable bonds is 2. The van der Waals surface area contributed by atoms with E-state index in [0.717, 1.165) is 27.8 Å². The van der Waals surface area contributed by atoms with Crippen molar-refractivity contribution in [2.24, 2.45) is 0 Å². The van der Waals surface area contributed by atoms with Gasteiger partial charge in [-0.05, 0) is 80.6 Å². The molecule has 1 aromatic heterocycles. The van der Waals surface area contributed by atoms with E-state index in [1.165, 1.54) is 10.3 Å². The predicted molar refractivity (Wildman–Crippen MR) is 92.4 cm³/mol. The number of fused-ring (bicyclic) bond motifs is 1. The van der Waals surface area contributed by atoms with E-state index in [9.17, 15) is 8.42 Å². The lowest BCUT2D eigenvalue weighted by Gasteiger charge is -2.13. The van der Waals surface area contributed by atoms with Gasteiger partial charge in [0.15, 0.2) is 0 Å². The minimum Gasteiger partial charge on any atom is -0.236 e. The van der Waals surface area contributed by atoms with Gasteiger partial charge in [-0.1, -0.05) is 6.07 Å². The molecule has 0 amide bonds. The second-order valence-corrected chi connectivity index (χ2v) is 7.88. The Morgan fingerprint density at radius 2 is 1.52 bits per heavy atom. The molecule has 0 saturated carbocycles. The second-order valence-electron chi connectivity index (χ2n) is 6.10. The number of aromatic nitrogens is 2. The lowest BCUT2D eigenvalue weighted by atomic mass is 10.1. The molecule has 3 aromatic rings. The zero-order valence-corrected chi connectivity index (χ0v) is 14.8. The number of aryl methyl sites for hydroxylation is 3. The minimum atomic E-state index is -3.67. The highest BCUT2D eigenvalue weighted by Gasteiger charge is 2.23. The monoisotopic (exact) mass is 328 g/mol. The van der Waals surface area contributed by atoms with Gasteiger partial charge in [0, 0.05) is 0 Å². The highest BCUT2D eigenvalue weighted by atomic mass is 32.2. The van der Waals surface area contributed by atoms with E-state index >= 15 is 0 Å². The summed E-state index contributed by atoms with van der Waals surface area (Å²) in [6.45, 7) is 9.75. The molecule has 0 atom stereocenters. The van der Waals surface area contributed by atoms with Crippen molar-refractivity contribution in [2.75, 3.05) is 0 Å². The molecule has 0 aliphatic heterocycles. The summed E-state index contributed by atoms with van der Waals surface area (Å²) in [4.78, 5) is 4.60. The molecule has 0 aliphatic rings. The number of hydrogen-bond acceptors (Lipinski definition) is 3. The maximum Gasteiger partial charge on any atom is 0.269 e. The standard InChI is InChI=1S/C18H20N2O2S/c1-11-6-7-18(15(5)14(11)4)23(21,22)20-10-19-16-8-12(2)13(3)9-17(16)20/h6-10H,1-5H3. The fourth-order valence-corrected chi connectivity index (χ4v) is 4.32. The van der Waals surface area contributed by atoms with Gasteiger partial charge in [0.25, 0.3) is 10.0 Å². The second kappa shape index (κ2) is 5.20. The molecule has 120 valence electrons. The van der Waals surface area contributed by atoms with Crippen LogP contribution in [0.25, 0.3) is 11.0 Å². The molecule has 5 heteroatoms. The first-order valence-corrected chi connectivity index (χ1v) is 8.94. The highest BCUT2D eigenvalue weighted by molar-refractivity contribution is 7.90. The van der Waals surface area contributed by atoms with Gasteiger partial charge in [0.2, 0.25) is 0 Å². The lowest BCUT2D eigenvalue weighted by Crippen LogP contribution is -2.14. The van der Waals surface area contributed by atoms with Crippen LogP contribution in [0.2, 0.25) is 0 Å². The van der Waals surface area contributed by atoms with Gasteiger partial charge in [-0.3, -0.25) is 0 Å². The van der Waals surface area contributed by atoms with Crippen LogP contribution in [0.5, 0.6) is 0 Å². The van der Waals surface area contributed by atoms with Crippen LogP contribution in [0.3, 0.4) is 0 Å². The number of hydrogen-bond donors (Lipinski definition) is 0. The van der Waals surface area contributed by atoms with Gasteiger partial charge in [-0.2, -0.15) is 0 Å². The largest absolute Gasteiger partial charge is 0.269 e. The molecule has 0 aliphatic carbocycles. The van der Waals surface area contributed by atoms with Crippen molar-refractivity contribution < 1.29 is 8.42 Å². The highest BCUT2D eigenvalue weighted by Crippen LogP contribution is 2.27. The Bertz CT molecular complexity index is 1030. The van der Waals surface area contributed by atoms with E-state index in [0.29, 0.717) is 15.9 Å². The molecule has 0 saturated heterocycles. The van der Waals surface area contributed by atoms with Gasteiger partial charge in [0.1, 0.15) is 6.33 Å². The quantitative estimate of drug-likeness (QED) is 0.718. The first-order chi connectivity index (χ1) is 10.7. The maximum atomic E-state index is 13.1. The number of nitrogens with zero attached hydrogens (tertiary/aromatic N) is 2. The molecule has 0 bridgehead atoms. The van der Waals surface area contributed by atoms with Crippen LogP contribution in [-0.4, -0.2) is 17.4 Å². The fourth-order valence-electron chi connectivity index (χ4n) is 2.75. The summed E-state index contributed by atoms with van der Waals surface area (Å²) in [6.07, 6.45) is 1.40. The third-order valence-corrected chi connectivity index (χ3v) is 6.48. The Hall–Kier alpha value is -2.14. The summed E-state index contributed by atoms with van der Waals surface area (Å²) in [7, 11) is -3.67. The summed E-state index contributed by atoms with van der Waals surface area (Å²) >= 11 is 0. The third kappa shape index (κ3) is 2.36. The molecule has 0 fully saturated rings. The molecule has 3 rings (SSSR count). The molecule has 0 unspecified atom stereocenters. The van der Waals surface area contributed by atoms with Crippen LogP contribution in [0, 0.1) is 34.6 Å². The molecular formula is C18H20N2O2S. The van der Waals surface area contributed by atoms with Crippen LogP contribution < -0.4 is 0 Å². The maximum absolute atomic E-state index is 13.1. The summed E-state index contributed by atoms with van der Waals surface area (Å²) in [5, 5.41) is 0. The average molecular weight is 328 g/mol. The van der Waals surface area contributed by atoms with Gasteiger partial charge < -0.3 is 0 Å². The van der Waals surface area contributed by atoms with Gasteiger partial charge in [-0.25, -0.2) is 17.4 Å². The lowest BCUT2D eigenvalue weighted by molar-refractivity contribution is 0.588. The van der Waals surface area contributed by atoms with Crippen molar-refractivity contribution in [3.05, 3.63) is 58.4 Å². The topological polar surface area (TPSA) is 52.0 Å². The van der Waals surface area contributed by atoms with Crippen molar-refractivity contribution in [1.82, 2.24) is 8.96 Å². The van der Waals surface area contributed by atoms with Crippen molar-refractivity contribution in [2.45, 2.75) is 39.5 Å². The molecule has 1 heterocycles. The Kier molecular flexibility index (Phi) is 3.56. The van der Waals surface area contributed by atoms with Crippen LogP contribution in [0.1, 0.15) is 27.8 Å². The van der Waals surface area contributed by atoms with Crippen LogP contribution >= 0.6 is 0 Å². The number of imidazole rings is 1. The van der Waals surface area contributed by atoms with Crippen molar-refractivity contribution in [1.29, 1.82) is 0 Å². The Morgan fingerprint density at radius 1 is 0.870 bits per heavy atom. The van der Waals surface area contributed by atoms with E-state index in [-0.39, 0.29) is 0 Å². The van der Waals surface area contributed by atoms with Crippen molar-refractivity contribution in [3.63, 3.8) is 0 Å². The molecule has 0 radical (unpaired) electrons. The van der Waals surface area contributed by atoms with E-state index in [4.69, 9.17) is 0 Å². The Balaban J connectivity index is 2.30. The first-order valence-electron chi connectivity index (χ1n) is 7.50. The Morgan fingerprint density at radius 3 is 2.22 bits per heavy atom. The predicted octanol–water partition coefficient (Wildman–Crippen LogP) is 3.82. The molecule has 4 nitrogen and oxygen atoms in total. The number of benzene rings is 2. The van der Waals surface area contributed by atoms with E-state index in [2.05, 4.69) is 4.98 Å². The summed E-state index contributed by atoms with van der Waals surface area (Å²) < 4.78 is 27.5. The van der Waals surface area contributed by atoms with Crippen molar-refractivity contribution >= 4 is 21.1 Å². The van der Waals surface area contributed by atoms with E-state index < -0.39 is 10.0 Å². The zero-order valence-electron chi connectivity index (χ0n) is 14.0. The zero-order chi connectivity index (χ0) is 16.9. The molecule has 0 spiro atoms. The molecule has 23 heavy (non-hydrogen) atoms. The molecular weight excluding hydrogens is 308 g/mol. The van der Waals surface area contributed by atoms with Gasteiger partial charge >= 0.3 is 0 Å². The molecule has 2 aromatic carbocycles. The smallest absolute Gasteiger partial charge is 0.236 e. The van der Waals surface area contributed by atoms with E-state index in [1.54, 1.807) is 6.07 Å².